The molecular weight excluding hydrogens is 216 g/mol. The van der Waals surface area contributed by atoms with Gasteiger partial charge < -0.3 is 10.2 Å². The molecule has 1 aliphatic heterocycles. The Morgan fingerprint density at radius 3 is 3.00 bits per heavy atom. The summed E-state index contributed by atoms with van der Waals surface area (Å²) >= 11 is 0. The van der Waals surface area contributed by atoms with E-state index in [0.717, 1.165) is 31.7 Å². The lowest BCUT2D eigenvalue weighted by molar-refractivity contribution is 0.0937. The van der Waals surface area contributed by atoms with Crippen LogP contribution in [0, 0.1) is 0 Å². The fourth-order valence-electron chi connectivity index (χ4n) is 2.07. The third-order valence-corrected chi connectivity index (χ3v) is 2.86. The Morgan fingerprint density at radius 1 is 1.53 bits per heavy atom. The molecule has 0 unspecified atom stereocenters. The van der Waals surface area contributed by atoms with Crippen molar-refractivity contribution in [3.05, 3.63) is 17.5 Å². The van der Waals surface area contributed by atoms with E-state index in [1.54, 1.807) is 0 Å². The monoisotopic (exact) mass is 238 g/mol. The van der Waals surface area contributed by atoms with E-state index in [-0.39, 0.29) is 13.4 Å². The van der Waals surface area contributed by atoms with Crippen molar-refractivity contribution in [2.75, 3.05) is 13.6 Å². The predicted molar refractivity (Wildman–Crippen MR) is 67.9 cm³/mol. The second-order valence-corrected chi connectivity index (χ2v) is 4.96. The molecule has 0 aromatic carbocycles. The van der Waals surface area contributed by atoms with Crippen LogP contribution in [0.25, 0.3) is 0 Å². The van der Waals surface area contributed by atoms with E-state index >= 15 is 0 Å². The Hall–Kier alpha value is -1.36. The molecule has 1 aromatic heterocycles. The Balaban J connectivity index is 0.00000162. The molecule has 0 fully saturated rings. The van der Waals surface area contributed by atoms with Crippen LogP contribution in [0.5, 0.6) is 0 Å². The van der Waals surface area contributed by atoms with Gasteiger partial charge in [0.05, 0.1) is 5.69 Å². The quantitative estimate of drug-likeness (QED) is 0.839. The summed E-state index contributed by atoms with van der Waals surface area (Å²) in [5.41, 5.74) is 1.66. The zero-order valence-corrected chi connectivity index (χ0v) is 10.7. The largest absolute Gasteiger partial charge is 0.348 e. The molecule has 1 amide bonds. The van der Waals surface area contributed by atoms with Gasteiger partial charge in [0.25, 0.3) is 5.91 Å². The van der Waals surface area contributed by atoms with E-state index < -0.39 is 0 Å². The van der Waals surface area contributed by atoms with Crippen LogP contribution in [0.3, 0.4) is 0 Å². The van der Waals surface area contributed by atoms with Gasteiger partial charge >= 0.3 is 0 Å². The lowest BCUT2D eigenvalue weighted by Gasteiger charge is -2.10. The summed E-state index contributed by atoms with van der Waals surface area (Å²) < 4.78 is 1.96. The lowest BCUT2D eigenvalue weighted by atomic mass is 10.3. The van der Waals surface area contributed by atoms with Crippen LogP contribution >= 0.6 is 0 Å². The number of nitrogens with zero attached hydrogens (tertiary/aromatic N) is 3. The van der Waals surface area contributed by atoms with Crippen LogP contribution in [0.1, 0.15) is 37.9 Å². The number of amides is 1. The fraction of sp³-hybridized carbons (Fsp3) is 0.667. The topological polar surface area (TPSA) is 50.2 Å². The van der Waals surface area contributed by atoms with Crippen molar-refractivity contribution in [1.29, 1.82) is 0 Å². The van der Waals surface area contributed by atoms with Crippen molar-refractivity contribution in [3.8, 4) is 0 Å². The smallest absolute Gasteiger partial charge is 0.271 e. The van der Waals surface area contributed by atoms with E-state index in [2.05, 4.69) is 22.4 Å². The summed E-state index contributed by atoms with van der Waals surface area (Å²) in [6.45, 7) is 6.74. The molecule has 1 aliphatic rings. The van der Waals surface area contributed by atoms with E-state index in [9.17, 15) is 4.79 Å². The first-order valence-corrected chi connectivity index (χ1v) is 6.12. The van der Waals surface area contributed by atoms with Crippen molar-refractivity contribution in [2.24, 2.45) is 0 Å². The van der Waals surface area contributed by atoms with Gasteiger partial charge in [0.15, 0.2) is 0 Å². The molecule has 0 spiro atoms. The van der Waals surface area contributed by atoms with Crippen molar-refractivity contribution in [2.45, 2.75) is 39.4 Å². The minimum absolute atomic E-state index is 0. The summed E-state index contributed by atoms with van der Waals surface area (Å²) in [4.78, 5) is 14.1. The van der Waals surface area contributed by atoms with Crippen LogP contribution in [0.2, 0.25) is 0 Å². The molecular formula is C12H22N4O. The SMILES string of the molecule is CC(C)NC(=O)c1cc2n(n1)CCCN(C)C2.[HH]. The molecule has 96 valence electrons. The van der Waals surface area contributed by atoms with E-state index in [0.29, 0.717) is 5.69 Å². The van der Waals surface area contributed by atoms with Gasteiger partial charge in [-0.1, -0.05) is 0 Å². The van der Waals surface area contributed by atoms with Gasteiger partial charge in [0.1, 0.15) is 5.69 Å². The number of carbonyl (C=O) groups is 1. The highest BCUT2D eigenvalue weighted by molar-refractivity contribution is 5.92. The van der Waals surface area contributed by atoms with Gasteiger partial charge in [-0.3, -0.25) is 9.48 Å². The maximum Gasteiger partial charge on any atom is 0.271 e. The first-order chi connectivity index (χ1) is 8.06. The van der Waals surface area contributed by atoms with Gasteiger partial charge in [-0.05, 0) is 33.4 Å². The van der Waals surface area contributed by atoms with Gasteiger partial charge in [-0.25, -0.2) is 0 Å². The number of hydrogen-bond acceptors (Lipinski definition) is 3. The van der Waals surface area contributed by atoms with Gasteiger partial charge in [-0.2, -0.15) is 5.10 Å². The van der Waals surface area contributed by atoms with Crippen LogP contribution in [-0.4, -0.2) is 40.2 Å². The zero-order valence-electron chi connectivity index (χ0n) is 10.7. The van der Waals surface area contributed by atoms with Crippen molar-refractivity contribution in [3.63, 3.8) is 0 Å². The second kappa shape index (κ2) is 4.87. The maximum atomic E-state index is 11.8. The number of aryl methyl sites for hydroxylation is 1. The third-order valence-electron chi connectivity index (χ3n) is 2.86. The highest BCUT2D eigenvalue weighted by atomic mass is 16.2. The molecule has 2 heterocycles. The van der Waals surface area contributed by atoms with E-state index in [1.807, 2.05) is 24.6 Å². The average molecular weight is 238 g/mol. The fourth-order valence-corrected chi connectivity index (χ4v) is 2.07. The van der Waals surface area contributed by atoms with Crippen molar-refractivity contribution < 1.29 is 6.22 Å². The lowest BCUT2D eigenvalue weighted by Crippen LogP contribution is -2.30. The minimum Gasteiger partial charge on any atom is -0.348 e. The van der Waals surface area contributed by atoms with Crippen LogP contribution in [-0.2, 0) is 13.1 Å². The first kappa shape index (κ1) is 12.1. The maximum absolute atomic E-state index is 11.8. The molecule has 0 bridgehead atoms. The summed E-state index contributed by atoms with van der Waals surface area (Å²) in [7, 11) is 2.09. The molecule has 0 radical (unpaired) electrons. The zero-order chi connectivity index (χ0) is 12.4. The second-order valence-electron chi connectivity index (χ2n) is 4.96. The summed E-state index contributed by atoms with van der Waals surface area (Å²) in [5.74, 6) is -0.0803. The van der Waals surface area contributed by atoms with Crippen LogP contribution in [0.4, 0.5) is 0 Å². The molecule has 5 heteroatoms. The number of aromatic nitrogens is 2. The summed E-state index contributed by atoms with van der Waals surface area (Å²) in [6.07, 6.45) is 1.08. The number of fused-ring (bicyclic) bond motifs is 1. The number of nitrogens with one attached hydrogen (secondary N) is 1. The van der Waals surface area contributed by atoms with Crippen LogP contribution < -0.4 is 5.32 Å². The molecule has 0 saturated heterocycles. The molecule has 1 N–H and O–H groups in total. The Morgan fingerprint density at radius 2 is 2.29 bits per heavy atom. The van der Waals surface area contributed by atoms with Gasteiger partial charge in [-0.15, -0.1) is 0 Å². The molecule has 2 rings (SSSR count). The molecule has 0 atom stereocenters. The number of carbonyl (C=O) groups excluding carboxylic acids is 1. The average Bonchev–Trinajstić information content (AvgIpc) is 2.53. The number of rotatable bonds is 2. The van der Waals surface area contributed by atoms with Gasteiger partial charge in [0.2, 0.25) is 0 Å². The highest BCUT2D eigenvalue weighted by Gasteiger charge is 2.17. The number of hydrogen-bond donors (Lipinski definition) is 1. The first-order valence-electron chi connectivity index (χ1n) is 6.12. The Labute approximate surface area is 103 Å². The standard InChI is InChI=1S/C12H20N4O.H2/c1-9(2)13-12(17)11-7-10-8-15(3)5-4-6-16(10)14-11;/h7,9H,4-6,8H2,1-3H3,(H,13,17);1H. The van der Waals surface area contributed by atoms with Crippen LogP contribution in [0.15, 0.2) is 6.07 Å². The Kier molecular flexibility index (Phi) is 3.47. The predicted octanol–water partition coefficient (Wildman–Crippen LogP) is 1.10. The third kappa shape index (κ3) is 2.85. The molecule has 0 saturated carbocycles. The molecule has 1 aromatic rings. The van der Waals surface area contributed by atoms with E-state index in [4.69, 9.17) is 0 Å². The molecule has 5 nitrogen and oxygen atoms in total. The molecule has 0 aliphatic carbocycles. The summed E-state index contributed by atoms with van der Waals surface area (Å²) in [6, 6.07) is 2.05. The van der Waals surface area contributed by atoms with E-state index in [1.165, 1.54) is 0 Å². The normalized spacial score (nSPS) is 16.7. The van der Waals surface area contributed by atoms with Gasteiger partial charge in [0, 0.05) is 27.1 Å². The van der Waals surface area contributed by atoms with Crippen molar-refractivity contribution >= 4 is 5.91 Å². The summed E-state index contributed by atoms with van der Waals surface area (Å²) in [5, 5.41) is 7.24. The minimum atomic E-state index is -0.0803. The Bertz CT molecular complexity index is 416. The highest BCUT2D eigenvalue weighted by Crippen LogP contribution is 2.12. The van der Waals surface area contributed by atoms with Crippen molar-refractivity contribution in [1.82, 2.24) is 20.0 Å². The molecule has 17 heavy (non-hydrogen) atoms.